The Balaban J connectivity index is 1.87. The van der Waals surface area contributed by atoms with E-state index in [1.807, 2.05) is 30.3 Å². The summed E-state index contributed by atoms with van der Waals surface area (Å²) in [7, 11) is -1.22. The van der Waals surface area contributed by atoms with Crippen molar-refractivity contribution in [2.75, 3.05) is 31.6 Å². The number of piperidine rings is 1. The summed E-state index contributed by atoms with van der Waals surface area (Å²) in [5, 5.41) is 2.95. The quantitative estimate of drug-likeness (QED) is 0.746. The van der Waals surface area contributed by atoms with Gasteiger partial charge in [0.2, 0.25) is 5.91 Å². The number of rotatable bonds is 6. The third-order valence-corrected chi connectivity index (χ3v) is 6.66. The Labute approximate surface area is 157 Å². The molecule has 26 heavy (non-hydrogen) atoms. The van der Waals surface area contributed by atoms with Crippen molar-refractivity contribution in [2.24, 2.45) is 11.1 Å². The highest BCUT2D eigenvalue weighted by Crippen LogP contribution is 2.32. The number of nitrogens with two attached hydrogens (primary N) is 1. The molecule has 3 N–H and O–H groups in total. The van der Waals surface area contributed by atoms with E-state index in [9.17, 15) is 9.59 Å². The van der Waals surface area contributed by atoms with Crippen molar-refractivity contribution >= 4 is 25.8 Å². The van der Waals surface area contributed by atoms with Crippen molar-refractivity contribution in [1.82, 2.24) is 4.90 Å². The molecule has 0 aromatic heterocycles. The van der Waals surface area contributed by atoms with Crippen molar-refractivity contribution in [3.05, 3.63) is 30.3 Å². The van der Waals surface area contributed by atoms with E-state index in [1.165, 1.54) is 0 Å². The monoisotopic (exact) mass is 377 g/mol. The molecule has 1 saturated heterocycles. The molecule has 0 unspecified atom stereocenters. The Morgan fingerprint density at radius 3 is 2.35 bits per heavy atom. The van der Waals surface area contributed by atoms with Gasteiger partial charge in [-0.05, 0) is 31.0 Å². The lowest BCUT2D eigenvalue weighted by Crippen LogP contribution is -2.51. The van der Waals surface area contributed by atoms with Crippen LogP contribution >= 0.6 is 0 Å². The van der Waals surface area contributed by atoms with E-state index in [-0.39, 0.29) is 18.5 Å². The first-order valence-corrected chi connectivity index (χ1v) is 12.9. The van der Waals surface area contributed by atoms with E-state index in [4.69, 9.17) is 10.5 Å². The first kappa shape index (κ1) is 20.4. The number of hydrogen-bond donors (Lipinski definition) is 2. The van der Waals surface area contributed by atoms with Gasteiger partial charge in [0.15, 0.2) is 0 Å². The van der Waals surface area contributed by atoms with Gasteiger partial charge in [-0.2, -0.15) is 0 Å². The Bertz CT molecular complexity index is 608. The number of amides is 2. The molecule has 0 saturated carbocycles. The van der Waals surface area contributed by atoms with Crippen molar-refractivity contribution in [3.8, 4) is 0 Å². The second kappa shape index (κ2) is 8.68. The van der Waals surface area contributed by atoms with Crippen LogP contribution in [0.25, 0.3) is 0 Å². The lowest BCUT2D eigenvalue weighted by atomic mass is 9.77. The predicted molar refractivity (Wildman–Crippen MR) is 107 cm³/mol. The number of hydrogen-bond acceptors (Lipinski definition) is 4. The molecule has 1 aliphatic heterocycles. The largest absolute Gasteiger partial charge is 0.450 e. The molecule has 0 radical (unpaired) electrons. The molecule has 1 fully saturated rings. The first-order chi connectivity index (χ1) is 12.3. The predicted octanol–water partition coefficient (Wildman–Crippen LogP) is 3.14. The van der Waals surface area contributed by atoms with E-state index in [1.54, 1.807) is 4.90 Å². The molecule has 0 aliphatic carbocycles. The van der Waals surface area contributed by atoms with Crippen LogP contribution in [0, 0.1) is 5.41 Å². The van der Waals surface area contributed by atoms with Gasteiger partial charge in [-0.1, -0.05) is 37.8 Å². The highest BCUT2D eigenvalue weighted by Gasteiger charge is 2.41. The molecule has 1 aliphatic rings. The minimum absolute atomic E-state index is 0.0713. The summed E-state index contributed by atoms with van der Waals surface area (Å²) in [4.78, 5) is 26.7. The lowest BCUT2D eigenvalue weighted by molar-refractivity contribution is -0.127. The number of anilines is 1. The Kier molecular flexibility index (Phi) is 6.83. The summed E-state index contributed by atoms with van der Waals surface area (Å²) in [6.45, 7) is 8.48. The second-order valence-corrected chi connectivity index (χ2v) is 13.8. The summed E-state index contributed by atoms with van der Waals surface area (Å²) < 4.78 is 5.41. The van der Waals surface area contributed by atoms with Gasteiger partial charge in [-0.3, -0.25) is 4.79 Å². The van der Waals surface area contributed by atoms with E-state index >= 15 is 0 Å². The standard InChI is InChI=1S/C19H31N3O3Si/c1-26(2,3)14-13-25-18(24)22-11-9-19(15-20,10-12-22)17(23)21-16-7-5-4-6-8-16/h4-8H,9-15,20H2,1-3H3,(H,21,23). The Morgan fingerprint density at radius 1 is 1.19 bits per heavy atom. The molecule has 144 valence electrons. The normalized spacial score (nSPS) is 16.8. The molecule has 7 heteroatoms. The fraction of sp³-hybridized carbons (Fsp3) is 0.579. The number of likely N-dealkylation sites (tertiary alicyclic amines) is 1. The number of ether oxygens (including phenoxy) is 1. The topological polar surface area (TPSA) is 84.7 Å². The van der Waals surface area contributed by atoms with Gasteiger partial charge in [-0.15, -0.1) is 0 Å². The number of benzene rings is 1. The SMILES string of the molecule is C[Si](C)(C)CCOC(=O)N1CCC(CN)(C(=O)Nc2ccccc2)CC1. The summed E-state index contributed by atoms with van der Waals surface area (Å²) in [5.41, 5.74) is 6.08. The summed E-state index contributed by atoms with van der Waals surface area (Å²) >= 11 is 0. The maximum atomic E-state index is 12.8. The number of para-hydroxylation sites is 1. The number of nitrogens with zero attached hydrogens (tertiary/aromatic N) is 1. The fourth-order valence-electron chi connectivity index (χ4n) is 2.96. The minimum atomic E-state index is -1.22. The van der Waals surface area contributed by atoms with Crippen LogP contribution in [0.2, 0.25) is 25.7 Å². The molecule has 0 bridgehead atoms. The van der Waals surface area contributed by atoms with Crippen LogP contribution in [0.5, 0.6) is 0 Å². The third-order valence-electron chi connectivity index (χ3n) is 4.96. The molecular weight excluding hydrogens is 346 g/mol. The third kappa shape index (κ3) is 5.57. The molecular formula is C19H31N3O3Si. The molecule has 1 aromatic rings. The van der Waals surface area contributed by atoms with Crippen LogP contribution in [0.3, 0.4) is 0 Å². The molecule has 2 amide bonds. The van der Waals surface area contributed by atoms with Gasteiger partial charge in [0, 0.05) is 33.4 Å². The molecule has 1 aromatic carbocycles. The van der Waals surface area contributed by atoms with Crippen LogP contribution in [0.1, 0.15) is 12.8 Å². The highest BCUT2D eigenvalue weighted by atomic mass is 28.3. The van der Waals surface area contributed by atoms with Crippen molar-refractivity contribution < 1.29 is 14.3 Å². The average Bonchev–Trinajstić information content (AvgIpc) is 2.61. The Morgan fingerprint density at radius 2 is 1.81 bits per heavy atom. The fourth-order valence-corrected chi connectivity index (χ4v) is 3.68. The Hall–Kier alpha value is -1.86. The van der Waals surface area contributed by atoms with Gasteiger partial charge in [0.1, 0.15) is 0 Å². The van der Waals surface area contributed by atoms with Gasteiger partial charge in [0.25, 0.3) is 0 Å². The smallest absolute Gasteiger partial charge is 0.409 e. The highest BCUT2D eigenvalue weighted by molar-refractivity contribution is 6.76. The molecule has 0 atom stereocenters. The van der Waals surface area contributed by atoms with Crippen LogP contribution in [0.15, 0.2) is 30.3 Å². The summed E-state index contributed by atoms with van der Waals surface area (Å²) in [5.74, 6) is -0.0713. The first-order valence-electron chi connectivity index (χ1n) is 9.24. The van der Waals surface area contributed by atoms with Gasteiger partial charge >= 0.3 is 6.09 Å². The maximum absolute atomic E-state index is 12.8. The van der Waals surface area contributed by atoms with Gasteiger partial charge in [-0.25, -0.2) is 4.79 Å². The van der Waals surface area contributed by atoms with Gasteiger partial charge < -0.3 is 20.7 Å². The zero-order valence-electron chi connectivity index (χ0n) is 16.1. The summed E-state index contributed by atoms with van der Waals surface area (Å²) in [6, 6.07) is 10.3. The van der Waals surface area contributed by atoms with Crippen molar-refractivity contribution in [2.45, 2.75) is 38.5 Å². The van der Waals surface area contributed by atoms with Crippen molar-refractivity contribution in [3.63, 3.8) is 0 Å². The number of carbonyl (C=O) groups is 2. The summed E-state index contributed by atoms with van der Waals surface area (Å²) in [6.07, 6.45) is 0.814. The molecule has 0 spiro atoms. The number of nitrogens with one attached hydrogen (secondary N) is 1. The molecule has 6 nitrogen and oxygen atoms in total. The maximum Gasteiger partial charge on any atom is 0.409 e. The van der Waals surface area contributed by atoms with Crippen LogP contribution in [-0.4, -0.2) is 51.2 Å². The average molecular weight is 378 g/mol. The van der Waals surface area contributed by atoms with E-state index in [0.717, 1.165) is 11.7 Å². The van der Waals surface area contributed by atoms with E-state index < -0.39 is 13.5 Å². The second-order valence-electron chi connectivity index (χ2n) is 8.22. The zero-order valence-corrected chi connectivity index (χ0v) is 17.1. The minimum Gasteiger partial charge on any atom is -0.450 e. The molecule has 2 rings (SSSR count). The zero-order chi connectivity index (χ0) is 19.2. The van der Waals surface area contributed by atoms with Crippen LogP contribution in [-0.2, 0) is 9.53 Å². The number of carbonyl (C=O) groups excluding carboxylic acids is 2. The molecule has 1 heterocycles. The van der Waals surface area contributed by atoms with E-state index in [0.29, 0.717) is 32.5 Å². The van der Waals surface area contributed by atoms with Crippen LogP contribution < -0.4 is 11.1 Å². The van der Waals surface area contributed by atoms with E-state index in [2.05, 4.69) is 25.0 Å². The van der Waals surface area contributed by atoms with Crippen LogP contribution in [0.4, 0.5) is 10.5 Å². The lowest BCUT2D eigenvalue weighted by Gasteiger charge is -2.39. The van der Waals surface area contributed by atoms with Crippen molar-refractivity contribution in [1.29, 1.82) is 0 Å². The van der Waals surface area contributed by atoms with Gasteiger partial charge in [0.05, 0.1) is 12.0 Å².